The number of aliphatic carboxylic acids is 1. The number of likely N-dealkylation sites (N-methyl/N-ethyl adjacent to an activating group) is 1. The Morgan fingerprint density at radius 1 is 1.05 bits per heavy atom. The maximum Gasteiger partial charge on any atom is 0.320 e. The van der Waals surface area contributed by atoms with Crippen LogP contribution >= 0.6 is 0 Å². The SMILES string of the molecule is CN1C[C@H](NC(=O)C23CC4CC(CC(C4)C2)C3)C[C@H]1C(=O)O. The van der Waals surface area contributed by atoms with E-state index in [1.165, 1.54) is 19.3 Å². The molecule has 0 aromatic rings. The molecule has 5 fully saturated rings. The summed E-state index contributed by atoms with van der Waals surface area (Å²) in [6.45, 7) is 0.648. The standard InChI is InChI=1S/C17H26N2O3/c1-19-9-13(5-14(19)15(20)21)18-16(22)17-6-10-2-11(7-17)4-12(3-10)8-17/h10-14H,2-9H2,1H3,(H,18,22)(H,20,21)/t10?,11?,12?,13-,14+,17?/m1/s1. The highest BCUT2D eigenvalue weighted by Gasteiger charge is 2.55. The summed E-state index contributed by atoms with van der Waals surface area (Å²) in [5, 5.41) is 12.4. The molecule has 2 N–H and O–H groups in total. The first-order valence-corrected chi connectivity index (χ1v) is 8.69. The van der Waals surface area contributed by atoms with E-state index in [0.29, 0.717) is 13.0 Å². The second-order valence-corrected chi connectivity index (χ2v) is 8.40. The number of carbonyl (C=O) groups is 2. The number of hydrogen-bond acceptors (Lipinski definition) is 3. The summed E-state index contributed by atoms with van der Waals surface area (Å²) < 4.78 is 0. The summed E-state index contributed by atoms with van der Waals surface area (Å²) in [5.41, 5.74) is -0.130. The lowest BCUT2D eigenvalue weighted by atomic mass is 9.49. The number of rotatable bonds is 3. The van der Waals surface area contributed by atoms with Gasteiger partial charge in [-0.15, -0.1) is 0 Å². The fourth-order valence-electron chi connectivity index (χ4n) is 6.12. The van der Waals surface area contributed by atoms with Crippen LogP contribution in [0.4, 0.5) is 0 Å². The first-order chi connectivity index (χ1) is 10.4. The topological polar surface area (TPSA) is 69.6 Å². The van der Waals surface area contributed by atoms with Gasteiger partial charge >= 0.3 is 5.97 Å². The number of carbonyl (C=O) groups excluding carboxylic acids is 1. The summed E-state index contributed by atoms with van der Waals surface area (Å²) in [5.74, 6) is 1.71. The van der Waals surface area contributed by atoms with Crippen LogP contribution in [0.2, 0.25) is 0 Å². The normalized spacial score (nSPS) is 46.9. The van der Waals surface area contributed by atoms with Crippen LogP contribution in [0.15, 0.2) is 0 Å². The van der Waals surface area contributed by atoms with E-state index in [9.17, 15) is 14.7 Å². The molecule has 1 amide bonds. The smallest absolute Gasteiger partial charge is 0.320 e. The highest BCUT2D eigenvalue weighted by molar-refractivity contribution is 5.84. The number of likely N-dealkylation sites (tertiary alicyclic amines) is 1. The quantitative estimate of drug-likeness (QED) is 0.828. The Balaban J connectivity index is 1.44. The van der Waals surface area contributed by atoms with E-state index in [0.717, 1.165) is 37.0 Å². The van der Waals surface area contributed by atoms with Crippen molar-refractivity contribution in [2.45, 2.75) is 57.0 Å². The molecule has 0 spiro atoms. The Labute approximate surface area is 131 Å². The second kappa shape index (κ2) is 4.95. The van der Waals surface area contributed by atoms with Gasteiger partial charge in [-0.2, -0.15) is 0 Å². The first-order valence-electron chi connectivity index (χ1n) is 8.69. The van der Waals surface area contributed by atoms with Crippen LogP contribution in [0.3, 0.4) is 0 Å². The van der Waals surface area contributed by atoms with Crippen LogP contribution in [0, 0.1) is 23.2 Å². The van der Waals surface area contributed by atoms with Crippen LogP contribution < -0.4 is 5.32 Å². The van der Waals surface area contributed by atoms with E-state index in [1.54, 1.807) is 0 Å². The van der Waals surface area contributed by atoms with E-state index >= 15 is 0 Å². The van der Waals surface area contributed by atoms with Crippen molar-refractivity contribution in [2.75, 3.05) is 13.6 Å². The minimum Gasteiger partial charge on any atom is -0.480 e. The molecule has 5 heteroatoms. The van der Waals surface area contributed by atoms with Gasteiger partial charge in [0.05, 0.1) is 0 Å². The summed E-state index contributed by atoms with van der Waals surface area (Å²) in [6, 6.07) is -0.465. The van der Waals surface area contributed by atoms with Gasteiger partial charge in [0.15, 0.2) is 0 Å². The molecule has 4 bridgehead atoms. The number of nitrogens with zero attached hydrogens (tertiary/aromatic N) is 1. The van der Waals surface area contributed by atoms with E-state index in [1.807, 2.05) is 11.9 Å². The van der Waals surface area contributed by atoms with Crippen LogP contribution in [0.1, 0.15) is 44.9 Å². The molecule has 22 heavy (non-hydrogen) atoms. The minimum atomic E-state index is -0.783. The Morgan fingerprint density at radius 3 is 2.05 bits per heavy atom. The Morgan fingerprint density at radius 2 is 1.59 bits per heavy atom. The van der Waals surface area contributed by atoms with Gasteiger partial charge in [0, 0.05) is 18.0 Å². The van der Waals surface area contributed by atoms with E-state index in [-0.39, 0.29) is 17.4 Å². The van der Waals surface area contributed by atoms with Crippen molar-refractivity contribution in [1.82, 2.24) is 10.2 Å². The van der Waals surface area contributed by atoms with Gasteiger partial charge in [0.25, 0.3) is 0 Å². The predicted molar refractivity (Wildman–Crippen MR) is 81.2 cm³/mol. The molecule has 0 aromatic heterocycles. The molecule has 5 rings (SSSR count). The van der Waals surface area contributed by atoms with Crippen LogP contribution in [0.25, 0.3) is 0 Å². The molecule has 0 unspecified atom stereocenters. The van der Waals surface area contributed by atoms with Crippen molar-refractivity contribution in [3.8, 4) is 0 Å². The Hall–Kier alpha value is -1.10. The molecular formula is C17H26N2O3. The van der Waals surface area contributed by atoms with Gasteiger partial charge in [-0.1, -0.05) is 0 Å². The van der Waals surface area contributed by atoms with Gasteiger partial charge in [-0.25, -0.2) is 0 Å². The number of carboxylic acids is 1. The number of hydrogen-bond donors (Lipinski definition) is 2. The molecule has 1 aliphatic heterocycles. The van der Waals surface area contributed by atoms with E-state index in [4.69, 9.17) is 0 Å². The predicted octanol–water partition coefficient (Wildman–Crippen LogP) is 1.48. The third kappa shape index (κ3) is 2.25. The van der Waals surface area contributed by atoms with Gasteiger partial charge in [-0.3, -0.25) is 14.5 Å². The zero-order chi connectivity index (χ0) is 15.5. The molecule has 1 saturated heterocycles. The van der Waals surface area contributed by atoms with Crippen molar-refractivity contribution in [1.29, 1.82) is 0 Å². The molecule has 1 heterocycles. The fourth-order valence-corrected chi connectivity index (χ4v) is 6.12. The summed E-state index contributed by atoms with van der Waals surface area (Å²) in [6.07, 6.45) is 7.73. The van der Waals surface area contributed by atoms with Crippen molar-refractivity contribution >= 4 is 11.9 Å². The van der Waals surface area contributed by atoms with Crippen molar-refractivity contribution in [3.05, 3.63) is 0 Å². The van der Waals surface area contributed by atoms with Crippen molar-refractivity contribution in [3.63, 3.8) is 0 Å². The van der Waals surface area contributed by atoms with Gasteiger partial charge in [0.2, 0.25) is 5.91 Å². The first kappa shape index (κ1) is 14.5. The lowest BCUT2D eigenvalue weighted by molar-refractivity contribution is -0.147. The summed E-state index contributed by atoms with van der Waals surface area (Å²) in [4.78, 5) is 26.0. The molecule has 5 aliphatic rings. The number of nitrogens with one attached hydrogen (secondary N) is 1. The third-order valence-corrected chi connectivity index (χ3v) is 6.69. The zero-order valence-electron chi connectivity index (χ0n) is 13.3. The Bertz CT molecular complexity index is 469. The highest BCUT2D eigenvalue weighted by Crippen LogP contribution is 2.60. The van der Waals surface area contributed by atoms with Crippen LogP contribution in [-0.2, 0) is 9.59 Å². The number of carboxylic acid groups (broad SMARTS) is 1. The summed E-state index contributed by atoms with van der Waals surface area (Å²) >= 11 is 0. The van der Waals surface area contributed by atoms with Crippen molar-refractivity contribution < 1.29 is 14.7 Å². The van der Waals surface area contributed by atoms with E-state index in [2.05, 4.69) is 5.32 Å². The highest BCUT2D eigenvalue weighted by atomic mass is 16.4. The average molecular weight is 306 g/mol. The minimum absolute atomic E-state index is 0.00777. The second-order valence-electron chi connectivity index (χ2n) is 8.40. The molecule has 122 valence electrons. The molecular weight excluding hydrogens is 280 g/mol. The zero-order valence-corrected chi connectivity index (χ0v) is 13.3. The maximum absolute atomic E-state index is 13.0. The molecule has 2 atom stereocenters. The fraction of sp³-hybridized carbons (Fsp3) is 0.882. The van der Waals surface area contributed by atoms with Gasteiger partial charge in [-0.05, 0) is 69.7 Å². The monoisotopic (exact) mass is 306 g/mol. The molecule has 5 nitrogen and oxygen atoms in total. The third-order valence-electron chi connectivity index (χ3n) is 6.69. The largest absolute Gasteiger partial charge is 0.480 e. The van der Waals surface area contributed by atoms with Gasteiger partial charge in [0.1, 0.15) is 6.04 Å². The lowest BCUT2D eigenvalue weighted by Gasteiger charge is -2.55. The van der Waals surface area contributed by atoms with E-state index < -0.39 is 12.0 Å². The van der Waals surface area contributed by atoms with Crippen LogP contribution in [0.5, 0.6) is 0 Å². The molecule has 4 saturated carbocycles. The van der Waals surface area contributed by atoms with Crippen molar-refractivity contribution in [2.24, 2.45) is 23.2 Å². The molecule has 0 aromatic carbocycles. The molecule has 0 radical (unpaired) electrons. The average Bonchev–Trinajstić information content (AvgIpc) is 2.78. The Kier molecular flexibility index (Phi) is 3.26. The van der Waals surface area contributed by atoms with Crippen LogP contribution in [-0.4, -0.2) is 47.6 Å². The summed E-state index contributed by atoms with van der Waals surface area (Å²) in [7, 11) is 1.83. The number of amides is 1. The molecule has 4 aliphatic carbocycles. The lowest BCUT2D eigenvalue weighted by Crippen LogP contribution is -2.55. The maximum atomic E-state index is 13.0. The van der Waals surface area contributed by atoms with Gasteiger partial charge < -0.3 is 10.4 Å².